The Kier molecular flexibility index (Phi) is 8.56. The van der Waals surface area contributed by atoms with Crippen LogP contribution in [0.25, 0.3) is 11.1 Å². The van der Waals surface area contributed by atoms with E-state index < -0.39 is 50.7 Å². The summed E-state index contributed by atoms with van der Waals surface area (Å²) in [5.74, 6) is -3.80. The molecule has 0 unspecified atom stereocenters. The predicted octanol–water partition coefficient (Wildman–Crippen LogP) is -2.23. The van der Waals surface area contributed by atoms with E-state index in [-0.39, 0.29) is 59.4 Å². The van der Waals surface area contributed by atoms with Gasteiger partial charge in [-0.25, -0.2) is 17.2 Å². The van der Waals surface area contributed by atoms with E-state index in [9.17, 15) is 31.9 Å². The molecule has 0 saturated heterocycles. The van der Waals surface area contributed by atoms with Gasteiger partial charge >= 0.3 is 36.7 Å². The Morgan fingerprint density at radius 3 is 2.47 bits per heavy atom. The van der Waals surface area contributed by atoms with Gasteiger partial charge in [-0.15, -0.1) is 0 Å². The monoisotopic (exact) mass is 506 g/mol. The van der Waals surface area contributed by atoms with Crippen molar-refractivity contribution in [2.45, 2.75) is 24.6 Å². The van der Waals surface area contributed by atoms with E-state index in [1.54, 1.807) is 0 Å². The number of halogens is 2. The van der Waals surface area contributed by atoms with E-state index in [0.29, 0.717) is 0 Å². The van der Waals surface area contributed by atoms with Gasteiger partial charge in [-0.3, -0.25) is 4.79 Å². The summed E-state index contributed by atoms with van der Waals surface area (Å²) >= 11 is 0. The van der Waals surface area contributed by atoms with E-state index in [1.165, 1.54) is 26.2 Å². The molecule has 0 N–H and O–H groups in total. The Balaban J connectivity index is 0.00000408. The van der Waals surface area contributed by atoms with Crippen molar-refractivity contribution in [3.8, 4) is 16.9 Å². The third-order valence-electron chi connectivity index (χ3n) is 5.29. The number of aromatic nitrogens is 1. The molecule has 1 aromatic heterocycles. The minimum absolute atomic E-state index is 0. The van der Waals surface area contributed by atoms with Crippen LogP contribution in [0, 0.1) is 11.6 Å². The van der Waals surface area contributed by atoms with Crippen LogP contribution in [0.2, 0.25) is 0 Å². The summed E-state index contributed by atoms with van der Waals surface area (Å²) in [6.45, 7) is 0.883. The zero-order chi connectivity index (χ0) is 24.6. The largest absolute Gasteiger partial charge is 1.00 e. The fourth-order valence-corrected chi connectivity index (χ4v) is 3.97. The Morgan fingerprint density at radius 1 is 1.26 bits per heavy atom. The van der Waals surface area contributed by atoms with Gasteiger partial charge in [0, 0.05) is 42.3 Å². The molecule has 34 heavy (non-hydrogen) atoms. The van der Waals surface area contributed by atoms with Crippen molar-refractivity contribution in [1.82, 2.24) is 4.57 Å². The number of pyridine rings is 1. The SMILES string of the molecule is COc1ccc(-c2cc(=O)n(CC[C@](C)(C3=NOB(C(=O)[O-])O3)S(C)(=O)=O)cc2F)c(F)c1.[Na+]. The maximum absolute atomic E-state index is 14.8. The van der Waals surface area contributed by atoms with E-state index in [4.69, 9.17) is 9.39 Å². The quantitative estimate of drug-likeness (QED) is 0.368. The summed E-state index contributed by atoms with van der Waals surface area (Å²) < 4.78 is 67.3. The van der Waals surface area contributed by atoms with Gasteiger partial charge in [0.15, 0.2) is 9.84 Å². The van der Waals surface area contributed by atoms with Gasteiger partial charge in [0.05, 0.1) is 7.11 Å². The normalized spacial score (nSPS) is 14.9. The van der Waals surface area contributed by atoms with Gasteiger partial charge in [0.25, 0.3) is 5.56 Å². The van der Waals surface area contributed by atoms with Crippen LogP contribution in [0.3, 0.4) is 0 Å². The first-order valence-corrected chi connectivity index (χ1v) is 11.3. The summed E-state index contributed by atoms with van der Waals surface area (Å²) in [5.41, 5.74) is -1.16. The summed E-state index contributed by atoms with van der Waals surface area (Å²) in [4.78, 5) is 23.4. The van der Waals surface area contributed by atoms with Crippen LogP contribution in [-0.2, 0) is 25.8 Å². The number of methoxy groups -OCH3 is 1. The smallest absolute Gasteiger partial charge is 0.552 e. The molecule has 1 aliphatic rings. The molecule has 0 bridgehead atoms. The number of rotatable bonds is 8. The molecule has 1 aromatic carbocycles. The first-order valence-electron chi connectivity index (χ1n) is 9.42. The van der Waals surface area contributed by atoms with Crippen molar-refractivity contribution in [3.63, 3.8) is 0 Å². The van der Waals surface area contributed by atoms with Crippen LogP contribution in [0.15, 0.2) is 40.4 Å². The van der Waals surface area contributed by atoms with Crippen molar-refractivity contribution >= 4 is 28.7 Å². The maximum atomic E-state index is 14.8. The summed E-state index contributed by atoms with van der Waals surface area (Å²) in [6.07, 6.45) is 1.34. The minimum atomic E-state index is -3.97. The standard InChI is InChI=1S/C19H19BF2N2O8S.Na/c1-19(33(3,28)29,17-23-32-20(31-17)18(26)27)6-7-24-10-15(22)13(9-16(24)25)12-5-4-11(30-2)8-14(12)21;/h4-5,8-10H,6-7H2,1-3H3,(H,26,27);/q;+1/p-1/t19-;/m1./s1. The number of oxime groups is 1. The number of benzene rings is 1. The molecule has 0 saturated carbocycles. The molecule has 0 aliphatic carbocycles. The summed E-state index contributed by atoms with van der Waals surface area (Å²) in [6, 6.07) is 4.60. The molecule has 10 nitrogen and oxygen atoms in total. The van der Waals surface area contributed by atoms with Crippen molar-refractivity contribution in [2.75, 3.05) is 13.4 Å². The van der Waals surface area contributed by atoms with Crippen molar-refractivity contribution in [3.05, 3.63) is 52.5 Å². The van der Waals surface area contributed by atoms with Crippen LogP contribution in [0.5, 0.6) is 5.75 Å². The van der Waals surface area contributed by atoms with Gasteiger partial charge in [0.2, 0.25) is 5.90 Å². The summed E-state index contributed by atoms with van der Waals surface area (Å²) in [7, 11) is -4.55. The number of hydrogen-bond acceptors (Lipinski definition) is 9. The zero-order valence-electron chi connectivity index (χ0n) is 18.7. The fraction of sp³-hybridized carbons (Fsp3) is 0.316. The Labute approximate surface area is 215 Å². The van der Waals surface area contributed by atoms with Crippen molar-refractivity contribution < 1.29 is 70.8 Å². The third-order valence-corrected chi connectivity index (χ3v) is 7.30. The minimum Gasteiger partial charge on any atom is -0.552 e. The maximum Gasteiger partial charge on any atom is 1.00 e. The molecule has 0 spiro atoms. The molecule has 0 amide bonds. The molecular formula is C19H18BF2N2NaO8S. The second-order valence-electron chi connectivity index (χ2n) is 7.44. The number of hydrogen-bond donors (Lipinski definition) is 0. The zero-order valence-corrected chi connectivity index (χ0v) is 21.5. The number of aryl methyl sites for hydroxylation is 1. The number of carbonyl (C=O) groups is 1. The van der Waals surface area contributed by atoms with Gasteiger partial charge in [-0.05, 0) is 25.5 Å². The second-order valence-corrected chi connectivity index (χ2v) is 9.88. The van der Waals surface area contributed by atoms with Gasteiger partial charge in [-0.2, -0.15) is 0 Å². The Morgan fingerprint density at radius 2 is 1.94 bits per heavy atom. The predicted molar refractivity (Wildman–Crippen MR) is 111 cm³/mol. The molecule has 15 heteroatoms. The van der Waals surface area contributed by atoms with Crippen LogP contribution < -0.4 is 45.0 Å². The van der Waals surface area contributed by atoms with Gasteiger partial charge in [-0.1, -0.05) is 5.16 Å². The van der Waals surface area contributed by atoms with E-state index in [1.807, 2.05) is 0 Å². The van der Waals surface area contributed by atoms with Crippen LogP contribution in [0.4, 0.5) is 13.6 Å². The number of carbonyl (C=O) groups excluding carboxylic acids is 1. The number of ether oxygens (including phenoxy) is 1. The second kappa shape index (κ2) is 10.5. The number of sulfone groups is 1. The van der Waals surface area contributed by atoms with E-state index in [2.05, 4.69) is 9.91 Å². The molecule has 176 valence electrons. The molecule has 1 atom stereocenters. The first-order chi connectivity index (χ1) is 15.4. The molecule has 1 aliphatic heterocycles. The summed E-state index contributed by atoms with van der Waals surface area (Å²) in [5, 5.41) is 14.3. The van der Waals surface area contributed by atoms with Crippen LogP contribution in [0.1, 0.15) is 13.3 Å². The molecule has 0 radical (unpaired) electrons. The van der Waals surface area contributed by atoms with Crippen LogP contribution in [-0.4, -0.2) is 50.0 Å². The topological polar surface area (TPSA) is 136 Å². The van der Waals surface area contributed by atoms with Gasteiger partial charge < -0.3 is 28.6 Å². The average molecular weight is 506 g/mol. The molecule has 3 rings (SSSR count). The Hall–Kier alpha value is -2.42. The van der Waals surface area contributed by atoms with Crippen molar-refractivity contribution in [2.24, 2.45) is 5.16 Å². The molecular weight excluding hydrogens is 488 g/mol. The Bertz CT molecular complexity index is 1300. The number of carboxylic acid groups (broad SMARTS) is 1. The molecule has 2 heterocycles. The van der Waals surface area contributed by atoms with E-state index in [0.717, 1.165) is 29.2 Å². The third kappa shape index (κ3) is 5.45. The molecule has 2 aromatic rings. The van der Waals surface area contributed by atoms with E-state index >= 15 is 0 Å². The van der Waals surface area contributed by atoms with Gasteiger partial charge in [0.1, 0.15) is 28.0 Å². The van der Waals surface area contributed by atoms with Crippen LogP contribution >= 0.6 is 0 Å². The molecule has 0 fully saturated rings. The first kappa shape index (κ1) is 27.8. The average Bonchev–Trinajstić information content (AvgIpc) is 3.24. The fourth-order valence-electron chi connectivity index (χ4n) is 3.10. The number of nitrogens with zero attached hydrogens (tertiary/aromatic N) is 2. The van der Waals surface area contributed by atoms with Crippen molar-refractivity contribution in [1.29, 1.82) is 0 Å².